The van der Waals surface area contributed by atoms with Gasteiger partial charge in [0.15, 0.2) is 17.5 Å². The number of nitrogens with zero attached hydrogens (tertiary/aromatic N) is 4. The number of fused-ring (bicyclic) bond motifs is 7. The van der Waals surface area contributed by atoms with Gasteiger partial charge in [0.2, 0.25) is 0 Å². The average molecular weight is 809 g/mol. The molecule has 5 heteroatoms. The first-order valence-corrected chi connectivity index (χ1v) is 21.7. The summed E-state index contributed by atoms with van der Waals surface area (Å²) in [6.45, 7) is 0. The van der Waals surface area contributed by atoms with E-state index in [4.69, 9.17) is 15.0 Å². The van der Waals surface area contributed by atoms with E-state index in [1.54, 1.807) is 0 Å². The van der Waals surface area contributed by atoms with Crippen LogP contribution < -0.4 is 0 Å². The van der Waals surface area contributed by atoms with Crippen molar-refractivity contribution in [2.75, 3.05) is 0 Å². The lowest BCUT2D eigenvalue weighted by Gasteiger charge is -2.16. The van der Waals surface area contributed by atoms with Crippen LogP contribution >= 0.6 is 11.3 Å². The highest BCUT2D eigenvalue weighted by Gasteiger charge is 2.21. The molecule has 62 heavy (non-hydrogen) atoms. The summed E-state index contributed by atoms with van der Waals surface area (Å²) in [5.74, 6) is 1.89. The summed E-state index contributed by atoms with van der Waals surface area (Å²) in [6, 6.07) is 77.4. The third-order valence-corrected chi connectivity index (χ3v) is 13.1. The molecule has 0 amide bonds. The number of hydrogen-bond donors (Lipinski definition) is 0. The first kappa shape index (κ1) is 35.9. The van der Waals surface area contributed by atoms with Crippen molar-refractivity contribution in [2.24, 2.45) is 0 Å². The number of rotatable bonds is 7. The molecule has 9 aromatic carbocycles. The van der Waals surface area contributed by atoms with E-state index in [0.29, 0.717) is 17.5 Å². The molecule has 0 spiro atoms. The van der Waals surface area contributed by atoms with E-state index in [9.17, 15) is 0 Å². The van der Waals surface area contributed by atoms with E-state index < -0.39 is 0 Å². The maximum Gasteiger partial charge on any atom is 0.164 e. The minimum atomic E-state index is 0.624. The van der Waals surface area contributed by atoms with Gasteiger partial charge in [0.25, 0.3) is 0 Å². The monoisotopic (exact) mass is 808 g/mol. The predicted octanol–water partition coefficient (Wildman–Crippen LogP) is 15.3. The van der Waals surface area contributed by atoms with Crippen LogP contribution in [0.2, 0.25) is 0 Å². The van der Waals surface area contributed by atoms with Gasteiger partial charge in [0, 0.05) is 53.3 Å². The van der Waals surface area contributed by atoms with Gasteiger partial charge in [-0.15, -0.1) is 11.3 Å². The highest BCUT2D eigenvalue weighted by atomic mass is 32.1. The Morgan fingerprint density at radius 1 is 0.323 bits per heavy atom. The number of benzene rings is 9. The fraction of sp³-hybridized carbons (Fsp3) is 0. The Labute approximate surface area is 362 Å². The van der Waals surface area contributed by atoms with Gasteiger partial charge in [-0.05, 0) is 69.8 Å². The molecule has 12 rings (SSSR count). The molecule has 0 fully saturated rings. The van der Waals surface area contributed by atoms with E-state index in [2.05, 4.69) is 187 Å². The van der Waals surface area contributed by atoms with E-state index in [1.807, 2.05) is 47.7 Å². The second-order valence-corrected chi connectivity index (χ2v) is 16.6. The lowest BCUT2D eigenvalue weighted by Crippen LogP contribution is -2.01. The maximum absolute atomic E-state index is 5.27. The standard InChI is InChI=1S/C57H36N4S/c1-5-17-37(18-6-1)43-25-13-14-26-44(43)40-29-31-45(49(35-40)57-59-55(38-19-7-2-8-20-38)58-56(60-57)39-21-9-3-10-22-39)41-30-32-46-47-33-34-51-53(54(47)62-52(46)36-41)48-27-15-16-28-50(48)61(51)42-23-11-4-12-24-42/h1-36H. The Morgan fingerprint density at radius 3 is 1.53 bits per heavy atom. The van der Waals surface area contributed by atoms with E-state index >= 15 is 0 Å². The van der Waals surface area contributed by atoms with Gasteiger partial charge >= 0.3 is 0 Å². The number of aromatic nitrogens is 4. The first-order chi connectivity index (χ1) is 30.7. The summed E-state index contributed by atoms with van der Waals surface area (Å²) in [4.78, 5) is 15.6. The summed E-state index contributed by atoms with van der Waals surface area (Å²) in [6.07, 6.45) is 0. The SMILES string of the molecule is c1ccc(-c2nc(-c3ccccc3)nc(-c3cc(-c4ccccc4-c4ccccc4)ccc3-c3ccc4c(c3)sc3c4ccc4c3c3ccccc3n4-c3ccccc3)n2)cc1. The van der Waals surface area contributed by atoms with E-state index in [-0.39, 0.29) is 0 Å². The van der Waals surface area contributed by atoms with Crippen molar-refractivity contribution in [3.05, 3.63) is 218 Å². The van der Waals surface area contributed by atoms with Crippen LogP contribution in [0, 0.1) is 0 Å². The third kappa shape index (κ3) is 6.09. The molecule has 0 aliphatic heterocycles. The van der Waals surface area contributed by atoms with Gasteiger partial charge in [-0.3, -0.25) is 0 Å². The van der Waals surface area contributed by atoms with Gasteiger partial charge in [-0.2, -0.15) is 0 Å². The second kappa shape index (κ2) is 14.9. The van der Waals surface area contributed by atoms with Gasteiger partial charge in [-0.1, -0.05) is 182 Å². The fourth-order valence-electron chi connectivity index (χ4n) is 8.99. The molecule has 0 aliphatic carbocycles. The Kier molecular flexibility index (Phi) is 8.65. The minimum Gasteiger partial charge on any atom is -0.309 e. The van der Waals surface area contributed by atoms with Crippen LogP contribution in [0.3, 0.4) is 0 Å². The zero-order valence-corrected chi connectivity index (χ0v) is 34.3. The Morgan fingerprint density at radius 2 is 0.839 bits per heavy atom. The van der Waals surface area contributed by atoms with Crippen LogP contribution in [0.5, 0.6) is 0 Å². The molecule has 290 valence electrons. The van der Waals surface area contributed by atoms with Crippen molar-refractivity contribution in [3.63, 3.8) is 0 Å². The molecule has 4 nitrogen and oxygen atoms in total. The molecule has 0 saturated carbocycles. The Hall–Kier alpha value is -7.99. The van der Waals surface area contributed by atoms with Crippen molar-refractivity contribution in [1.29, 1.82) is 0 Å². The fourth-order valence-corrected chi connectivity index (χ4v) is 10.3. The maximum atomic E-state index is 5.27. The van der Waals surface area contributed by atoms with E-state index in [0.717, 1.165) is 44.6 Å². The molecule has 0 atom stereocenters. The van der Waals surface area contributed by atoms with Crippen LogP contribution in [0.25, 0.3) is 115 Å². The van der Waals surface area contributed by atoms with Crippen LogP contribution in [-0.2, 0) is 0 Å². The smallest absolute Gasteiger partial charge is 0.164 e. The summed E-state index contributed by atoms with van der Waals surface area (Å²) >= 11 is 1.87. The van der Waals surface area contributed by atoms with Crippen molar-refractivity contribution in [2.45, 2.75) is 0 Å². The lowest BCUT2D eigenvalue weighted by molar-refractivity contribution is 1.07. The van der Waals surface area contributed by atoms with Crippen molar-refractivity contribution in [3.8, 4) is 73.2 Å². The van der Waals surface area contributed by atoms with Crippen LogP contribution in [0.4, 0.5) is 0 Å². The van der Waals surface area contributed by atoms with Crippen LogP contribution in [0.15, 0.2) is 218 Å². The quantitative estimate of drug-likeness (QED) is 0.161. The van der Waals surface area contributed by atoms with Gasteiger partial charge < -0.3 is 4.57 Å². The molecule has 3 aromatic heterocycles. The molecule has 0 N–H and O–H groups in total. The van der Waals surface area contributed by atoms with Crippen molar-refractivity contribution < 1.29 is 0 Å². The van der Waals surface area contributed by atoms with Crippen molar-refractivity contribution >= 4 is 53.3 Å². The predicted molar refractivity (Wildman–Crippen MR) is 260 cm³/mol. The zero-order valence-electron chi connectivity index (χ0n) is 33.5. The van der Waals surface area contributed by atoms with E-state index in [1.165, 1.54) is 53.1 Å². The summed E-state index contributed by atoms with van der Waals surface area (Å²) in [5.41, 5.74) is 13.1. The first-order valence-electron chi connectivity index (χ1n) is 20.9. The molecule has 0 unspecified atom stereocenters. The minimum absolute atomic E-state index is 0.624. The highest BCUT2D eigenvalue weighted by molar-refractivity contribution is 7.26. The molecule has 0 aliphatic rings. The Bertz CT molecular complexity index is 3560. The number of thiophene rings is 1. The number of hydrogen-bond acceptors (Lipinski definition) is 4. The van der Waals surface area contributed by atoms with Gasteiger partial charge in [0.05, 0.1) is 11.0 Å². The summed E-state index contributed by atoms with van der Waals surface area (Å²) < 4.78 is 4.92. The summed E-state index contributed by atoms with van der Waals surface area (Å²) in [7, 11) is 0. The van der Waals surface area contributed by atoms with Crippen molar-refractivity contribution in [1.82, 2.24) is 19.5 Å². The summed E-state index contributed by atoms with van der Waals surface area (Å²) in [5, 5.41) is 5.07. The molecule has 12 aromatic rings. The second-order valence-electron chi connectivity index (χ2n) is 15.5. The molecule has 0 saturated heterocycles. The Balaban J connectivity index is 1.09. The highest BCUT2D eigenvalue weighted by Crippen LogP contribution is 2.45. The van der Waals surface area contributed by atoms with Crippen LogP contribution in [0.1, 0.15) is 0 Å². The normalized spacial score (nSPS) is 11.5. The third-order valence-electron chi connectivity index (χ3n) is 11.9. The molecule has 3 heterocycles. The lowest BCUT2D eigenvalue weighted by atomic mass is 9.90. The molecule has 0 bridgehead atoms. The molecular formula is C57H36N4S. The van der Waals surface area contributed by atoms with Gasteiger partial charge in [-0.25, -0.2) is 15.0 Å². The largest absolute Gasteiger partial charge is 0.309 e. The number of para-hydroxylation sites is 2. The average Bonchev–Trinajstić information content (AvgIpc) is 3.90. The molecular weight excluding hydrogens is 773 g/mol. The zero-order chi connectivity index (χ0) is 41.0. The topological polar surface area (TPSA) is 43.6 Å². The molecule has 0 radical (unpaired) electrons. The van der Waals surface area contributed by atoms with Crippen LogP contribution in [-0.4, -0.2) is 19.5 Å². The van der Waals surface area contributed by atoms with Gasteiger partial charge in [0.1, 0.15) is 0 Å².